The van der Waals surface area contributed by atoms with Crippen molar-refractivity contribution >= 4 is 28.1 Å². The summed E-state index contributed by atoms with van der Waals surface area (Å²) in [7, 11) is -2.43. The van der Waals surface area contributed by atoms with E-state index in [1.807, 2.05) is 5.73 Å². The Bertz CT molecular complexity index is 691. The maximum atomic E-state index is 11.9. The summed E-state index contributed by atoms with van der Waals surface area (Å²) in [5.74, 6) is -1.61. The van der Waals surface area contributed by atoms with E-state index >= 15 is 0 Å². The molecule has 0 radical (unpaired) electrons. The van der Waals surface area contributed by atoms with Crippen LogP contribution in [0.4, 0.5) is 11.4 Å². The van der Waals surface area contributed by atoms with Crippen molar-refractivity contribution in [3.05, 3.63) is 55.6 Å². The van der Waals surface area contributed by atoms with E-state index in [1.165, 1.54) is 0 Å². The molecule has 1 rings (SSSR count). The second kappa shape index (κ2) is 5.87. The molecule has 1 aromatic rings. The zero-order valence-electron chi connectivity index (χ0n) is 9.64. The third-order valence-electron chi connectivity index (χ3n) is 2.09. The summed E-state index contributed by atoms with van der Waals surface area (Å²) in [6.07, 6.45) is 0. The summed E-state index contributed by atoms with van der Waals surface area (Å²) < 4.78 is 11.9. The summed E-state index contributed by atoms with van der Waals surface area (Å²) in [5.41, 5.74) is 0.528. The Kier molecular flexibility index (Phi) is 4.46. The SMILES string of the molecule is C=C=C(C(=O)O)S(=O)c1ccc([N+](=O)[O-])cc1[N+](=O)[O-]. The van der Waals surface area contributed by atoms with E-state index in [0.717, 1.165) is 12.1 Å². The van der Waals surface area contributed by atoms with Gasteiger partial charge in [0.15, 0.2) is 4.91 Å². The van der Waals surface area contributed by atoms with Crippen LogP contribution in [-0.4, -0.2) is 25.1 Å². The molecule has 0 aliphatic carbocycles. The molecule has 104 valence electrons. The van der Waals surface area contributed by atoms with Gasteiger partial charge < -0.3 is 5.11 Å². The number of rotatable bonds is 5. The van der Waals surface area contributed by atoms with Gasteiger partial charge in [-0.15, -0.1) is 5.73 Å². The quantitative estimate of drug-likeness (QED) is 0.374. The van der Waals surface area contributed by atoms with Gasteiger partial charge in [-0.05, 0) is 6.07 Å². The molecule has 0 saturated heterocycles. The Labute approximate surface area is 113 Å². The lowest BCUT2D eigenvalue weighted by molar-refractivity contribution is -0.396. The fourth-order valence-electron chi connectivity index (χ4n) is 1.25. The van der Waals surface area contributed by atoms with E-state index in [4.69, 9.17) is 5.11 Å². The molecule has 0 amide bonds. The number of carboxylic acid groups (broad SMARTS) is 1. The van der Waals surface area contributed by atoms with Crippen molar-refractivity contribution in [2.24, 2.45) is 0 Å². The van der Waals surface area contributed by atoms with E-state index in [-0.39, 0.29) is 0 Å². The van der Waals surface area contributed by atoms with Gasteiger partial charge in [0, 0.05) is 6.07 Å². The monoisotopic (exact) mass is 298 g/mol. The number of hydrogen-bond acceptors (Lipinski definition) is 6. The highest BCUT2D eigenvalue weighted by Crippen LogP contribution is 2.29. The Hall–Kier alpha value is -2.84. The van der Waals surface area contributed by atoms with Gasteiger partial charge in [-0.25, -0.2) is 9.00 Å². The van der Waals surface area contributed by atoms with Crippen LogP contribution in [0.2, 0.25) is 0 Å². The zero-order valence-corrected chi connectivity index (χ0v) is 10.5. The third kappa shape index (κ3) is 2.94. The zero-order chi connectivity index (χ0) is 15.4. The van der Waals surface area contributed by atoms with Crippen LogP contribution in [0.5, 0.6) is 0 Å². The van der Waals surface area contributed by atoms with Crippen LogP contribution in [0.3, 0.4) is 0 Å². The normalized spacial score (nSPS) is 11.2. The first kappa shape index (κ1) is 15.2. The Morgan fingerprint density at radius 3 is 2.30 bits per heavy atom. The van der Waals surface area contributed by atoms with Crippen LogP contribution in [0.1, 0.15) is 0 Å². The molecule has 20 heavy (non-hydrogen) atoms. The van der Waals surface area contributed by atoms with E-state index in [1.54, 1.807) is 0 Å². The molecule has 0 bridgehead atoms. The van der Waals surface area contributed by atoms with Crippen LogP contribution in [0.15, 0.2) is 40.3 Å². The molecule has 0 spiro atoms. The van der Waals surface area contributed by atoms with Gasteiger partial charge in [0.1, 0.15) is 15.7 Å². The van der Waals surface area contributed by atoms with Crippen LogP contribution in [0.25, 0.3) is 0 Å². The first-order chi connectivity index (χ1) is 9.29. The third-order valence-corrected chi connectivity index (χ3v) is 3.52. The molecule has 0 aliphatic rings. The number of carbonyl (C=O) groups is 1. The summed E-state index contributed by atoms with van der Waals surface area (Å²) in [5, 5.41) is 30.1. The maximum absolute atomic E-state index is 11.9. The minimum absolute atomic E-state index is 0.478. The van der Waals surface area contributed by atoms with Crippen molar-refractivity contribution in [1.29, 1.82) is 0 Å². The van der Waals surface area contributed by atoms with Crippen LogP contribution in [0, 0.1) is 20.2 Å². The second-order valence-electron chi connectivity index (χ2n) is 3.25. The number of hydrogen-bond donors (Lipinski definition) is 1. The van der Waals surface area contributed by atoms with E-state index in [2.05, 4.69) is 6.58 Å². The Balaban J connectivity index is 3.50. The number of aliphatic carboxylic acids is 1. The lowest BCUT2D eigenvalue weighted by Crippen LogP contribution is -2.08. The minimum Gasteiger partial charge on any atom is -0.477 e. The average molecular weight is 298 g/mol. The van der Waals surface area contributed by atoms with Gasteiger partial charge in [0.25, 0.3) is 11.4 Å². The maximum Gasteiger partial charge on any atom is 0.353 e. The van der Waals surface area contributed by atoms with Crippen LogP contribution in [-0.2, 0) is 15.6 Å². The van der Waals surface area contributed by atoms with Crippen molar-refractivity contribution < 1.29 is 24.0 Å². The Morgan fingerprint density at radius 1 is 1.30 bits per heavy atom. The van der Waals surface area contributed by atoms with Gasteiger partial charge in [-0.1, -0.05) is 6.58 Å². The topological polar surface area (TPSA) is 141 Å². The molecule has 0 saturated carbocycles. The van der Waals surface area contributed by atoms with Crippen molar-refractivity contribution in [3.8, 4) is 0 Å². The number of nitro groups is 2. The fourth-order valence-corrected chi connectivity index (χ4v) is 2.27. The van der Waals surface area contributed by atoms with Gasteiger partial charge in [0.05, 0.1) is 15.9 Å². The Morgan fingerprint density at radius 2 is 1.90 bits per heavy atom. The molecule has 1 atom stereocenters. The van der Waals surface area contributed by atoms with Crippen molar-refractivity contribution in [2.75, 3.05) is 0 Å². The van der Waals surface area contributed by atoms with Crippen molar-refractivity contribution in [3.63, 3.8) is 0 Å². The van der Waals surface area contributed by atoms with E-state index in [9.17, 15) is 29.2 Å². The number of carboxylic acids is 1. The molecular weight excluding hydrogens is 292 g/mol. The lowest BCUT2D eigenvalue weighted by atomic mass is 10.3. The van der Waals surface area contributed by atoms with Crippen LogP contribution < -0.4 is 0 Å². The standard InChI is InChI=1S/C10H6N2O7S/c1-2-8(10(13)14)20(19)9-4-3-6(11(15)16)5-7(9)12(17)18/h3-5H,1H2,(H,13,14). The summed E-state index contributed by atoms with van der Waals surface area (Å²) in [6, 6.07) is 2.37. The molecule has 0 aliphatic heterocycles. The smallest absolute Gasteiger partial charge is 0.353 e. The first-order valence-electron chi connectivity index (χ1n) is 4.77. The molecule has 0 heterocycles. The molecule has 0 aromatic heterocycles. The first-order valence-corrected chi connectivity index (χ1v) is 5.92. The largest absolute Gasteiger partial charge is 0.477 e. The van der Waals surface area contributed by atoms with E-state index < -0.39 is 47.8 Å². The molecule has 1 unspecified atom stereocenters. The fraction of sp³-hybridized carbons (Fsp3) is 0. The van der Waals surface area contributed by atoms with Crippen molar-refractivity contribution in [1.82, 2.24) is 0 Å². The van der Waals surface area contributed by atoms with Gasteiger partial charge >= 0.3 is 5.97 Å². The van der Waals surface area contributed by atoms with Gasteiger partial charge in [0.2, 0.25) is 0 Å². The predicted octanol–water partition coefficient (Wildman–Crippen LogP) is 1.36. The predicted molar refractivity (Wildman–Crippen MR) is 66.4 cm³/mol. The summed E-state index contributed by atoms with van der Waals surface area (Å²) >= 11 is 0. The highest BCUT2D eigenvalue weighted by atomic mass is 32.2. The minimum atomic E-state index is -2.43. The molecule has 1 N–H and O–H groups in total. The van der Waals surface area contributed by atoms with Crippen molar-refractivity contribution in [2.45, 2.75) is 4.90 Å². The highest BCUT2D eigenvalue weighted by molar-refractivity contribution is 7.90. The molecule has 10 heteroatoms. The molecule has 1 aromatic carbocycles. The number of non-ortho nitro benzene ring substituents is 1. The van der Waals surface area contributed by atoms with E-state index in [0.29, 0.717) is 6.07 Å². The van der Waals surface area contributed by atoms with Gasteiger partial charge in [-0.2, -0.15) is 0 Å². The number of benzene rings is 1. The summed E-state index contributed by atoms with van der Waals surface area (Å²) in [6.45, 7) is 3.04. The number of nitro benzene ring substituents is 2. The average Bonchev–Trinajstić information content (AvgIpc) is 2.37. The number of nitrogens with zero attached hydrogens (tertiary/aromatic N) is 2. The van der Waals surface area contributed by atoms with Crippen LogP contribution >= 0.6 is 0 Å². The second-order valence-corrected chi connectivity index (χ2v) is 4.63. The lowest BCUT2D eigenvalue weighted by Gasteiger charge is -2.02. The van der Waals surface area contributed by atoms with Gasteiger partial charge in [-0.3, -0.25) is 20.2 Å². The molecule has 0 fully saturated rings. The molecule has 9 nitrogen and oxygen atoms in total. The summed E-state index contributed by atoms with van der Waals surface area (Å²) in [4.78, 5) is 29.1. The molecular formula is C10H6N2O7S. The highest BCUT2D eigenvalue weighted by Gasteiger charge is 2.27.